The molecule has 1 unspecified atom stereocenters. The van der Waals surface area contributed by atoms with Crippen molar-refractivity contribution in [2.75, 3.05) is 17.4 Å². The molecule has 1 atom stereocenters. The summed E-state index contributed by atoms with van der Waals surface area (Å²) in [5.41, 5.74) is 3.31. The molecule has 0 aliphatic carbocycles. The van der Waals surface area contributed by atoms with Crippen molar-refractivity contribution < 1.29 is 14.3 Å². The molecule has 2 aromatic carbocycles. The van der Waals surface area contributed by atoms with Crippen molar-refractivity contribution in [2.24, 2.45) is 0 Å². The maximum Gasteiger partial charge on any atom is 0.255 e. The van der Waals surface area contributed by atoms with E-state index in [0.717, 1.165) is 11.1 Å². The molecule has 0 spiro atoms. The lowest BCUT2D eigenvalue weighted by molar-refractivity contribution is -0.113. The van der Waals surface area contributed by atoms with E-state index >= 15 is 0 Å². The number of anilines is 2. The van der Waals surface area contributed by atoms with Gasteiger partial charge in [-0.15, -0.1) is 5.10 Å². The molecule has 2 aromatic heterocycles. The molecule has 0 saturated carbocycles. The minimum absolute atomic E-state index is 0.154. The summed E-state index contributed by atoms with van der Waals surface area (Å²) in [5.74, 6) is 1.99. The van der Waals surface area contributed by atoms with Gasteiger partial charge >= 0.3 is 0 Å². The number of hydrogen-bond acceptors (Lipinski definition) is 7. The molecule has 2 N–H and O–H groups in total. The Kier molecular flexibility index (Phi) is 5.11. The maximum atomic E-state index is 13.6. The Morgan fingerprint density at radius 3 is 2.86 bits per heavy atom. The van der Waals surface area contributed by atoms with Crippen molar-refractivity contribution in [3.05, 3.63) is 88.8 Å². The number of halogens is 1. The van der Waals surface area contributed by atoms with E-state index in [4.69, 9.17) is 26.2 Å². The quantitative estimate of drug-likeness (QED) is 0.432. The molecular weight excluding hydrogens is 468 g/mol. The van der Waals surface area contributed by atoms with Crippen LogP contribution in [-0.2, 0) is 4.79 Å². The Hall–Kier alpha value is -4.37. The Balaban J connectivity index is 1.47. The van der Waals surface area contributed by atoms with Gasteiger partial charge < -0.3 is 20.1 Å². The first-order valence-electron chi connectivity index (χ1n) is 10.9. The molecule has 10 heteroatoms. The monoisotopic (exact) mass is 486 g/mol. The summed E-state index contributed by atoms with van der Waals surface area (Å²) in [6.45, 7) is 2.00. The summed E-state index contributed by atoms with van der Waals surface area (Å²) in [6, 6.07) is 15.9. The van der Waals surface area contributed by atoms with Crippen LogP contribution in [0, 0.1) is 0 Å². The van der Waals surface area contributed by atoms with Gasteiger partial charge in [0.05, 0.1) is 17.5 Å². The molecule has 0 bridgehead atoms. The van der Waals surface area contributed by atoms with Crippen molar-refractivity contribution >= 4 is 29.1 Å². The number of hydrogen-bond donors (Lipinski definition) is 2. The molecule has 4 aromatic rings. The Labute approximate surface area is 205 Å². The fourth-order valence-electron chi connectivity index (χ4n) is 4.22. The summed E-state index contributed by atoms with van der Waals surface area (Å²) in [6.07, 6.45) is 3.24. The van der Waals surface area contributed by atoms with Gasteiger partial charge in [-0.2, -0.15) is 4.98 Å². The molecule has 2 aliphatic heterocycles. The fourth-order valence-corrected chi connectivity index (χ4v) is 4.41. The zero-order chi connectivity index (χ0) is 23.9. The largest absolute Gasteiger partial charge is 0.454 e. The number of amides is 1. The van der Waals surface area contributed by atoms with Crippen molar-refractivity contribution in [3.63, 3.8) is 0 Å². The van der Waals surface area contributed by atoms with Gasteiger partial charge in [-0.25, -0.2) is 4.68 Å². The van der Waals surface area contributed by atoms with E-state index in [1.54, 1.807) is 41.3 Å². The van der Waals surface area contributed by atoms with Crippen molar-refractivity contribution in [1.82, 2.24) is 19.7 Å². The van der Waals surface area contributed by atoms with Crippen LogP contribution < -0.4 is 20.1 Å². The van der Waals surface area contributed by atoms with Gasteiger partial charge in [0.1, 0.15) is 6.04 Å². The molecule has 174 valence electrons. The number of allylic oxidation sites excluding steroid dienone is 1. The second-order valence-corrected chi connectivity index (χ2v) is 8.53. The SMILES string of the molecule is CC1=C(C(=O)Nc2cccnc2)C(c2ccc3c(c2)OCO3)n2nc(-c3cccc(Cl)c3)nc2N1. The number of nitrogens with zero attached hydrogens (tertiary/aromatic N) is 4. The van der Waals surface area contributed by atoms with Crippen LogP contribution in [0.5, 0.6) is 11.5 Å². The second-order valence-electron chi connectivity index (χ2n) is 8.09. The average molecular weight is 487 g/mol. The lowest BCUT2D eigenvalue weighted by atomic mass is 9.94. The number of benzene rings is 2. The average Bonchev–Trinajstić information content (AvgIpc) is 3.50. The van der Waals surface area contributed by atoms with Gasteiger partial charge in [0, 0.05) is 22.5 Å². The molecular formula is C25H19ClN6O3. The predicted octanol–water partition coefficient (Wildman–Crippen LogP) is 4.65. The first-order valence-corrected chi connectivity index (χ1v) is 11.3. The van der Waals surface area contributed by atoms with Gasteiger partial charge in [0.2, 0.25) is 12.7 Å². The van der Waals surface area contributed by atoms with E-state index in [-0.39, 0.29) is 12.7 Å². The number of pyridine rings is 1. The van der Waals surface area contributed by atoms with Crippen LogP contribution in [0.3, 0.4) is 0 Å². The van der Waals surface area contributed by atoms with Crippen LogP contribution >= 0.6 is 11.6 Å². The number of rotatable bonds is 4. The van der Waals surface area contributed by atoms with E-state index in [1.807, 2.05) is 37.3 Å². The molecule has 9 nitrogen and oxygen atoms in total. The van der Waals surface area contributed by atoms with Crippen LogP contribution in [-0.4, -0.2) is 32.4 Å². The van der Waals surface area contributed by atoms with Gasteiger partial charge in [0.15, 0.2) is 17.3 Å². The van der Waals surface area contributed by atoms with Crippen LogP contribution in [0.2, 0.25) is 5.02 Å². The highest BCUT2D eigenvalue weighted by molar-refractivity contribution is 6.30. The third-order valence-electron chi connectivity index (χ3n) is 5.81. The Morgan fingerprint density at radius 1 is 1.14 bits per heavy atom. The summed E-state index contributed by atoms with van der Waals surface area (Å²) in [5, 5.41) is 11.5. The Morgan fingerprint density at radius 2 is 2.03 bits per heavy atom. The number of carbonyl (C=O) groups is 1. The zero-order valence-corrected chi connectivity index (χ0v) is 19.3. The van der Waals surface area contributed by atoms with Crippen LogP contribution in [0.4, 0.5) is 11.6 Å². The number of fused-ring (bicyclic) bond motifs is 2. The van der Waals surface area contributed by atoms with E-state index in [9.17, 15) is 4.79 Å². The van der Waals surface area contributed by atoms with Gasteiger partial charge in [-0.05, 0) is 48.9 Å². The van der Waals surface area contributed by atoms with E-state index in [0.29, 0.717) is 45.3 Å². The van der Waals surface area contributed by atoms with E-state index in [1.165, 1.54) is 0 Å². The van der Waals surface area contributed by atoms with Gasteiger partial charge in [-0.3, -0.25) is 9.78 Å². The minimum atomic E-state index is -0.571. The molecule has 4 heterocycles. The second kappa shape index (κ2) is 8.44. The summed E-state index contributed by atoms with van der Waals surface area (Å²) in [4.78, 5) is 22.3. The summed E-state index contributed by atoms with van der Waals surface area (Å²) in [7, 11) is 0. The first-order chi connectivity index (χ1) is 17.1. The van der Waals surface area contributed by atoms with Crippen molar-refractivity contribution in [3.8, 4) is 22.9 Å². The molecule has 35 heavy (non-hydrogen) atoms. The van der Waals surface area contributed by atoms with Crippen LogP contribution in [0.25, 0.3) is 11.4 Å². The lowest BCUT2D eigenvalue weighted by Gasteiger charge is -2.28. The molecule has 0 saturated heterocycles. The van der Waals surface area contributed by atoms with Crippen molar-refractivity contribution in [1.29, 1.82) is 0 Å². The maximum absolute atomic E-state index is 13.6. The predicted molar refractivity (Wildman–Crippen MR) is 130 cm³/mol. The summed E-state index contributed by atoms with van der Waals surface area (Å²) >= 11 is 6.20. The standard InChI is InChI=1S/C25H19ClN6O3/c1-14-21(24(33)29-18-6-3-9-27-12-18)22(15-7-8-19-20(11-15)35-13-34-19)32-25(28-14)30-23(31-32)16-4-2-5-17(26)10-16/h2-12,22H,13H2,1H3,(H,29,33)(H,28,30,31). The molecule has 1 amide bonds. The number of aromatic nitrogens is 4. The normalized spacial score (nSPS) is 16.0. The molecule has 0 fully saturated rings. The molecule has 6 rings (SSSR count). The van der Waals surface area contributed by atoms with Crippen molar-refractivity contribution in [2.45, 2.75) is 13.0 Å². The third kappa shape index (κ3) is 3.85. The number of ether oxygens (including phenoxy) is 2. The lowest BCUT2D eigenvalue weighted by Crippen LogP contribution is -2.31. The zero-order valence-electron chi connectivity index (χ0n) is 18.5. The smallest absolute Gasteiger partial charge is 0.255 e. The number of nitrogens with one attached hydrogen (secondary N) is 2. The fraction of sp³-hybridized carbons (Fsp3) is 0.120. The van der Waals surface area contributed by atoms with Crippen LogP contribution in [0.1, 0.15) is 18.5 Å². The number of carbonyl (C=O) groups excluding carboxylic acids is 1. The minimum Gasteiger partial charge on any atom is -0.454 e. The first kappa shape index (κ1) is 21.2. The topological polar surface area (TPSA) is 103 Å². The van der Waals surface area contributed by atoms with E-state index in [2.05, 4.69) is 20.6 Å². The highest BCUT2D eigenvalue weighted by Crippen LogP contribution is 2.41. The molecule has 0 radical (unpaired) electrons. The third-order valence-corrected chi connectivity index (χ3v) is 6.05. The molecule has 2 aliphatic rings. The van der Waals surface area contributed by atoms with Gasteiger partial charge in [-0.1, -0.05) is 29.8 Å². The highest BCUT2D eigenvalue weighted by Gasteiger charge is 2.35. The highest BCUT2D eigenvalue weighted by atomic mass is 35.5. The summed E-state index contributed by atoms with van der Waals surface area (Å²) < 4.78 is 12.8. The van der Waals surface area contributed by atoms with Gasteiger partial charge in [0.25, 0.3) is 5.91 Å². The Bertz CT molecular complexity index is 1480. The van der Waals surface area contributed by atoms with E-state index < -0.39 is 6.04 Å². The van der Waals surface area contributed by atoms with Crippen LogP contribution in [0.15, 0.2) is 78.3 Å².